The lowest BCUT2D eigenvalue weighted by Crippen LogP contribution is -2.50. The molecule has 1 aromatic rings. The van der Waals surface area contributed by atoms with Crippen molar-refractivity contribution in [2.75, 3.05) is 38.2 Å². The number of amides is 2. The molecule has 0 aromatic heterocycles. The van der Waals surface area contributed by atoms with Crippen LogP contribution in [0, 0.1) is 0 Å². The van der Waals surface area contributed by atoms with Crippen LogP contribution in [-0.4, -0.2) is 69.0 Å². The molecule has 8 nitrogen and oxygen atoms in total. The number of hydrogen-bond acceptors (Lipinski definition) is 5. The zero-order valence-corrected chi connectivity index (χ0v) is 16.3. The second-order valence-corrected chi connectivity index (χ2v) is 9.21. The predicted molar refractivity (Wildman–Crippen MR) is 98.2 cm³/mol. The van der Waals surface area contributed by atoms with E-state index in [0.29, 0.717) is 32.4 Å². The Bertz CT molecular complexity index is 906. The van der Waals surface area contributed by atoms with Gasteiger partial charge in [-0.1, -0.05) is 0 Å². The summed E-state index contributed by atoms with van der Waals surface area (Å²) in [4.78, 5) is 27.4. The molecule has 0 N–H and O–H groups in total. The third-order valence-electron chi connectivity index (χ3n) is 5.62. The molecule has 1 atom stereocenters. The van der Waals surface area contributed by atoms with Crippen LogP contribution in [0.1, 0.15) is 24.5 Å². The van der Waals surface area contributed by atoms with Gasteiger partial charge in [0.1, 0.15) is 0 Å². The number of hydrogen-bond donors (Lipinski definition) is 0. The molecule has 0 saturated carbocycles. The van der Waals surface area contributed by atoms with Gasteiger partial charge in [-0.05, 0) is 43.0 Å². The molecule has 3 aliphatic heterocycles. The zero-order valence-electron chi connectivity index (χ0n) is 15.5. The summed E-state index contributed by atoms with van der Waals surface area (Å²) >= 11 is 0. The average Bonchev–Trinajstić information content (AvgIpc) is 3.01. The first-order chi connectivity index (χ1) is 12.8. The predicted octanol–water partition coefficient (Wildman–Crippen LogP) is 0.983. The van der Waals surface area contributed by atoms with Crippen LogP contribution in [0.3, 0.4) is 0 Å². The number of piperazine rings is 1. The summed E-state index contributed by atoms with van der Waals surface area (Å²) in [5, 5.41) is 0. The fourth-order valence-electron chi connectivity index (χ4n) is 4.28. The quantitative estimate of drug-likeness (QED) is 0.748. The lowest BCUT2D eigenvalue weighted by Gasteiger charge is -2.33. The van der Waals surface area contributed by atoms with Crippen molar-refractivity contribution < 1.29 is 22.7 Å². The number of nitrogens with zero attached hydrogens (tertiary/aromatic N) is 3. The summed E-state index contributed by atoms with van der Waals surface area (Å²) in [5.74, 6) is 0.114. The zero-order chi connectivity index (χ0) is 19.3. The lowest BCUT2D eigenvalue weighted by atomic mass is 10.00. The lowest BCUT2D eigenvalue weighted by molar-refractivity contribution is -0.119. The van der Waals surface area contributed by atoms with E-state index in [4.69, 9.17) is 4.74 Å². The number of aryl methyl sites for hydroxylation is 1. The van der Waals surface area contributed by atoms with Crippen LogP contribution in [0.4, 0.5) is 10.5 Å². The van der Waals surface area contributed by atoms with Crippen LogP contribution in [-0.2, 0) is 32.4 Å². The molecule has 1 saturated heterocycles. The Labute approximate surface area is 158 Å². The Hall–Kier alpha value is -2.13. The standard InChI is InChI=1S/C18H23N3O5S/c1-12-9-14-11-15(10-13-3-4-16(22)21(12)17(13)14)27(24,25)20-7-5-19(6-8-20)18(23)26-2/h10-12H,3-9H2,1-2H3/t12-/m1/s1. The minimum Gasteiger partial charge on any atom is -0.453 e. The number of ether oxygens (including phenoxy) is 1. The van der Waals surface area contributed by atoms with E-state index in [1.165, 1.54) is 16.3 Å². The van der Waals surface area contributed by atoms with Crippen molar-refractivity contribution >= 4 is 27.7 Å². The van der Waals surface area contributed by atoms with Crippen molar-refractivity contribution in [3.05, 3.63) is 23.3 Å². The monoisotopic (exact) mass is 393 g/mol. The Morgan fingerprint density at radius 3 is 2.44 bits per heavy atom. The normalized spacial score (nSPS) is 22.7. The van der Waals surface area contributed by atoms with E-state index in [-0.39, 0.29) is 29.9 Å². The third kappa shape index (κ3) is 2.89. The van der Waals surface area contributed by atoms with E-state index in [1.807, 2.05) is 11.8 Å². The van der Waals surface area contributed by atoms with E-state index in [9.17, 15) is 18.0 Å². The van der Waals surface area contributed by atoms with Crippen LogP contribution < -0.4 is 4.90 Å². The van der Waals surface area contributed by atoms with E-state index in [0.717, 1.165) is 16.8 Å². The van der Waals surface area contributed by atoms with E-state index >= 15 is 0 Å². The van der Waals surface area contributed by atoms with Gasteiger partial charge in [-0.25, -0.2) is 13.2 Å². The van der Waals surface area contributed by atoms with Crippen molar-refractivity contribution in [2.24, 2.45) is 0 Å². The minimum atomic E-state index is -3.65. The molecule has 27 heavy (non-hydrogen) atoms. The topological polar surface area (TPSA) is 87.2 Å². The Kier molecular flexibility index (Phi) is 4.38. The molecule has 3 aliphatic rings. The first-order valence-corrected chi connectivity index (χ1v) is 10.6. The smallest absolute Gasteiger partial charge is 0.409 e. The summed E-state index contributed by atoms with van der Waals surface area (Å²) in [6, 6.07) is 3.50. The molecule has 4 rings (SSSR count). The Balaban J connectivity index is 1.62. The molecule has 9 heteroatoms. The van der Waals surface area contributed by atoms with E-state index in [2.05, 4.69) is 0 Å². The van der Waals surface area contributed by atoms with Crippen LogP contribution >= 0.6 is 0 Å². The largest absolute Gasteiger partial charge is 0.453 e. The molecule has 146 valence electrons. The van der Waals surface area contributed by atoms with Crippen molar-refractivity contribution in [1.29, 1.82) is 0 Å². The van der Waals surface area contributed by atoms with Crippen molar-refractivity contribution in [3.8, 4) is 0 Å². The molecule has 0 bridgehead atoms. The maximum atomic E-state index is 13.2. The highest BCUT2D eigenvalue weighted by Gasteiger charge is 2.38. The molecular formula is C18H23N3O5S. The van der Waals surface area contributed by atoms with Crippen LogP contribution in [0.5, 0.6) is 0 Å². The maximum absolute atomic E-state index is 13.2. The van der Waals surface area contributed by atoms with Crippen molar-refractivity contribution in [2.45, 2.75) is 37.1 Å². The molecule has 1 fully saturated rings. The highest BCUT2D eigenvalue weighted by Crippen LogP contribution is 2.41. The summed E-state index contributed by atoms with van der Waals surface area (Å²) in [7, 11) is -2.33. The van der Waals surface area contributed by atoms with Gasteiger partial charge in [0.25, 0.3) is 0 Å². The first kappa shape index (κ1) is 18.2. The van der Waals surface area contributed by atoms with Gasteiger partial charge in [0.2, 0.25) is 15.9 Å². The molecule has 1 aromatic carbocycles. The molecule has 0 aliphatic carbocycles. The molecule has 3 heterocycles. The highest BCUT2D eigenvalue weighted by atomic mass is 32.2. The second kappa shape index (κ2) is 6.49. The fraction of sp³-hybridized carbons (Fsp3) is 0.556. The average molecular weight is 393 g/mol. The van der Waals surface area contributed by atoms with Gasteiger partial charge < -0.3 is 14.5 Å². The number of sulfonamides is 1. The van der Waals surface area contributed by atoms with Crippen molar-refractivity contribution in [3.63, 3.8) is 0 Å². The van der Waals surface area contributed by atoms with Crippen molar-refractivity contribution in [1.82, 2.24) is 9.21 Å². The number of rotatable bonds is 2. The summed E-state index contributed by atoms with van der Waals surface area (Å²) in [5.41, 5.74) is 2.77. The minimum absolute atomic E-state index is 0.0631. The number of methoxy groups -OCH3 is 1. The molecule has 0 spiro atoms. The van der Waals surface area contributed by atoms with Gasteiger partial charge in [-0.2, -0.15) is 4.31 Å². The van der Waals surface area contributed by atoms with Crippen LogP contribution in [0.2, 0.25) is 0 Å². The van der Waals surface area contributed by atoms with E-state index in [1.54, 1.807) is 12.1 Å². The number of anilines is 1. The highest BCUT2D eigenvalue weighted by molar-refractivity contribution is 7.89. The van der Waals surface area contributed by atoms with Gasteiger partial charge in [-0.15, -0.1) is 0 Å². The number of carbonyl (C=O) groups is 2. The van der Waals surface area contributed by atoms with E-state index < -0.39 is 16.1 Å². The van der Waals surface area contributed by atoms with Gasteiger partial charge in [-0.3, -0.25) is 4.79 Å². The summed E-state index contributed by atoms with van der Waals surface area (Å²) in [6.45, 7) is 3.09. The third-order valence-corrected chi connectivity index (χ3v) is 7.50. The summed E-state index contributed by atoms with van der Waals surface area (Å²) in [6.07, 6.45) is 1.22. The molecule has 2 amide bonds. The molecular weight excluding hydrogens is 370 g/mol. The molecule has 0 radical (unpaired) electrons. The van der Waals surface area contributed by atoms with Gasteiger partial charge in [0, 0.05) is 38.6 Å². The fourth-order valence-corrected chi connectivity index (χ4v) is 5.81. The molecule has 0 unspecified atom stereocenters. The van der Waals surface area contributed by atoms with Gasteiger partial charge >= 0.3 is 6.09 Å². The number of benzene rings is 1. The second-order valence-electron chi connectivity index (χ2n) is 7.27. The number of carbonyl (C=O) groups excluding carboxylic acids is 2. The SMILES string of the molecule is COC(=O)N1CCN(S(=O)(=O)c2cc3c4c(c2)C[C@@H](C)N4C(=O)CC3)CC1. The van der Waals surface area contributed by atoms with Crippen LogP contribution in [0.25, 0.3) is 0 Å². The Morgan fingerprint density at radius 2 is 1.78 bits per heavy atom. The van der Waals surface area contributed by atoms with Gasteiger partial charge in [0.05, 0.1) is 17.7 Å². The maximum Gasteiger partial charge on any atom is 0.409 e. The first-order valence-electron chi connectivity index (χ1n) is 9.14. The summed E-state index contributed by atoms with van der Waals surface area (Å²) < 4.78 is 32.4. The Morgan fingerprint density at radius 1 is 1.11 bits per heavy atom. The van der Waals surface area contributed by atoms with Gasteiger partial charge in [0.15, 0.2) is 0 Å². The van der Waals surface area contributed by atoms with Crippen LogP contribution in [0.15, 0.2) is 17.0 Å².